The smallest absolute Gasteiger partial charge is 0.240 e. The van der Waals surface area contributed by atoms with Crippen molar-refractivity contribution in [3.05, 3.63) is 53.1 Å². The van der Waals surface area contributed by atoms with Crippen molar-refractivity contribution in [2.24, 2.45) is 0 Å². The van der Waals surface area contributed by atoms with E-state index in [2.05, 4.69) is 31.9 Å². The summed E-state index contributed by atoms with van der Waals surface area (Å²) in [5.74, 6) is -0.0526. The number of likely N-dealkylation sites (tertiary alicyclic amines) is 2. The number of phenolic OH excluding ortho intramolecular Hbond substituents is 1. The predicted molar refractivity (Wildman–Crippen MR) is 164 cm³/mol. The van der Waals surface area contributed by atoms with Gasteiger partial charge in [-0.1, -0.05) is 26.3 Å². The van der Waals surface area contributed by atoms with Crippen LogP contribution in [0.25, 0.3) is 33.5 Å². The summed E-state index contributed by atoms with van der Waals surface area (Å²) in [7, 11) is 0. The van der Waals surface area contributed by atoms with E-state index < -0.39 is 5.82 Å². The Labute approximate surface area is 251 Å². The van der Waals surface area contributed by atoms with Crippen molar-refractivity contribution >= 4 is 16.8 Å². The average Bonchev–Trinajstić information content (AvgIpc) is 3.61. The molecule has 1 amide bonds. The lowest BCUT2D eigenvalue weighted by molar-refractivity contribution is -0.145. The monoisotopic (exact) mass is 585 g/mol. The number of phenols is 1. The number of aromatic amines is 2. The summed E-state index contributed by atoms with van der Waals surface area (Å²) in [6.07, 6.45) is 6.10. The van der Waals surface area contributed by atoms with Gasteiger partial charge in [-0.2, -0.15) is 5.10 Å². The zero-order valence-electron chi connectivity index (χ0n) is 25.0. The minimum Gasteiger partial charge on any atom is -0.505 e. The number of H-pyrrole nitrogens is 2. The van der Waals surface area contributed by atoms with Gasteiger partial charge in [-0.05, 0) is 86.3 Å². The van der Waals surface area contributed by atoms with Gasteiger partial charge >= 0.3 is 0 Å². The number of aryl methyl sites for hydroxylation is 1. The number of carbonyl (C=O) groups is 1. The van der Waals surface area contributed by atoms with Crippen LogP contribution in [-0.2, 0) is 24.2 Å². The van der Waals surface area contributed by atoms with Gasteiger partial charge in [0.2, 0.25) is 5.91 Å². The number of carbonyl (C=O) groups excluding carboxylic acids is 1. The number of aromatic hydroxyl groups is 1. The van der Waals surface area contributed by atoms with E-state index in [4.69, 9.17) is 4.98 Å². The second-order valence-electron chi connectivity index (χ2n) is 12.3. The first-order valence-corrected chi connectivity index (χ1v) is 15.8. The van der Waals surface area contributed by atoms with Crippen LogP contribution in [0.3, 0.4) is 0 Å². The Hall–Kier alpha value is -3.76. The fourth-order valence-electron chi connectivity index (χ4n) is 7.14. The van der Waals surface area contributed by atoms with Gasteiger partial charge in [0.1, 0.15) is 5.69 Å². The van der Waals surface area contributed by atoms with Crippen LogP contribution in [0, 0.1) is 5.82 Å². The molecule has 2 saturated heterocycles. The van der Waals surface area contributed by atoms with Crippen molar-refractivity contribution in [2.45, 2.75) is 71.0 Å². The average molecular weight is 586 g/mol. The zero-order chi connectivity index (χ0) is 29.7. The Morgan fingerprint density at radius 1 is 1.12 bits per heavy atom. The van der Waals surface area contributed by atoms with Gasteiger partial charge < -0.3 is 15.0 Å². The van der Waals surface area contributed by atoms with E-state index in [1.54, 1.807) is 0 Å². The number of imidazole rings is 1. The highest BCUT2D eigenvalue weighted by atomic mass is 19.1. The number of piperidine rings is 1. The number of amides is 1. The molecule has 0 spiro atoms. The van der Waals surface area contributed by atoms with Crippen LogP contribution in [0.15, 0.2) is 30.3 Å². The van der Waals surface area contributed by atoms with Gasteiger partial charge in [-0.3, -0.25) is 19.7 Å². The molecule has 10 heteroatoms. The van der Waals surface area contributed by atoms with Crippen LogP contribution in [-0.4, -0.2) is 90.7 Å². The van der Waals surface area contributed by atoms with Crippen molar-refractivity contribution < 1.29 is 14.3 Å². The highest BCUT2D eigenvalue weighted by Gasteiger charge is 2.41. The molecule has 4 aromatic rings. The SMILES string of the molecule is CCCN1Cc2[nH]c(-c3n[nH]c4cc(-c5cc(F)c(O)cc5CC)ccc34)nc2CC1C(=O)N1CC(N2CCCCC2)C1. The molecule has 2 aromatic carbocycles. The third kappa shape index (κ3) is 5.10. The number of hydrogen-bond donors (Lipinski definition) is 3. The van der Waals surface area contributed by atoms with E-state index >= 15 is 0 Å². The highest BCUT2D eigenvalue weighted by Crippen LogP contribution is 2.35. The molecule has 2 aromatic heterocycles. The summed E-state index contributed by atoms with van der Waals surface area (Å²) >= 11 is 0. The van der Waals surface area contributed by atoms with Crippen LogP contribution in [0.1, 0.15) is 56.5 Å². The maximum absolute atomic E-state index is 14.2. The number of nitrogens with one attached hydrogen (secondary N) is 2. The molecule has 0 saturated carbocycles. The fourth-order valence-corrected chi connectivity index (χ4v) is 7.14. The van der Waals surface area contributed by atoms with E-state index in [1.165, 1.54) is 31.4 Å². The molecule has 1 unspecified atom stereocenters. The number of nitrogens with zero attached hydrogens (tertiary/aromatic N) is 5. The molecular formula is C33H40FN7O2. The Morgan fingerprint density at radius 3 is 2.70 bits per heavy atom. The quantitative estimate of drug-likeness (QED) is 0.286. The van der Waals surface area contributed by atoms with Gasteiger partial charge in [-0.25, -0.2) is 9.37 Å². The van der Waals surface area contributed by atoms with Gasteiger partial charge in [-0.15, -0.1) is 0 Å². The van der Waals surface area contributed by atoms with Crippen molar-refractivity contribution in [1.82, 2.24) is 34.9 Å². The van der Waals surface area contributed by atoms with Gasteiger partial charge in [0, 0.05) is 37.5 Å². The van der Waals surface area contributed by atoms with Crippen molar-refractivity contribution in [2.75, 3.05) is 32.7 Å². The summed E-state index contributed by atoms with van der Waals surface area (Å²) in [5, 5.41) is 18.5. The molecule has 3 aliphatic rings. The molecule has 226 valence electrons. The molecule has 2 fully saturated rings. The normalized spacial score (nSPS) is 20.0. The topological polar surface area (TPSA) is 104 Å². The van der Waals surface area contributed by atoms with E-state index in [-0.39, 0.29) is 17.7 Å². The zero-order valence-corrected chi connectivity index (χ0v) is 25.0. The molecule has 0 radical (unpaired) electrons. The Bertz CT molecular complexity index is 1650. The van der Waals surface area contributed by atoms with E-state index in [1.807, 2.05) is 30.0 Å². The van der Waals surface area contributed by atoms with Gasteiger partial charge in [0.05, 0.1) is 22.9 Å². The van der Waals surface area contributed by atoms with Gasteiger partial charge in [0.25, 0.3) is 0 Å². The maximum atomic E-state index is 14.2. The van der Waals surface area contributed by atoms with Crippen molar-refractivity contribution in [1.29, 1.82) is 0 Å². The van der Waals surface area contributed by atoms with Gasteiger partial charge in [0.15, 0.2) is 17.4 Å². The molecular weight excluding hydrogens is 545 g/mol. The number of aromatic nitrogens is 4. The molecule has 3 aliphatic heterocycles. The lowest BCUT2D eigenvalue weighted by atomic mass is 9.96. The minimum absolute atomic E-state index is 0.192. The third-order valence-corrected chi connectivity index (χ3v) is 9.58. The number of rotatable bonds is 7. The maximum Gasteiger partial charge on any atom is 0.240 e. The Morgan fingerprint density at radius 2 is 1.93 bits per heavy atom. The second-order valence-corrected chi connectivity index (χ2v) is 12.3. The van der Waals surface area contributed by atoms with E-state index in [0.29, 0.717) is 31.3 Å². The first-order chi connectivity index (χ1) is 20.9. The number of benzene rings is 2. The van der Waals surface area contributed by atoms with E-state index in [9.17, 15) is 14.3 Å². The fraction of sp³-hybridized carbons (Fsp3) is 0.485. The molecule has 5 heterocycles. The highest BCUT2D eigenvalue weighted by molar-refractivity contribution is 5.94. The summed E-state index contributed by atoms with van der Waals surface area (Å²) < 4.78 is 14.2. The number of halogens is 1. The van der Waals surface area contributed by atoms with Crippen molar-refractivity contribution in [3.8, 4) is 28.4 Å². The summed E-state index contributed by atoms with van der Waals surface area (Å²) in [6.45, 7) is 9.67. The minimum atomic E-state index is -0.636. The van der Waals surface area contributed by atoms with Crippen LogP contribution in [0.5, 0.6) is 5.75 Å². The Balaban J connectivity index is 1.12. The van der Waals surface area contributed by atoms with E-state index in [0.717, 1.165) is 83.8 Å². The van der Waals surface area contributed by atoms with Crippen LogP contribution < -0.4 is 0 Å². The van der Waals surface area contributed by atoms with Crippen molar-refractivity contribution in [3.63, 3.8) is 0 Å². The summed E-state index contributed by atoms with van der Waals surface area (Å²) in [5.41, 5.74) is 6.00. The molecule has 9 nitrogen and oxygen atoms in total. The summed E-state index contributed by atoms with van der Waals surface area (Å²) in [6, 6.07) is 9.10. The van der Waals surface area contributed by atoms with Crippen LogP contribution in [0.2, 0.25) is 0 Å². The number of fused-ring (bicyclic) bond motifs is 2. The Kier molecular flexibility index (Phi) is 7.43. The second kappa shape index (κ2) is 11.4. The lowest BCUT2D eigenvalue weighted by Crippen LogP contribution is -2.65. The third-order valence-electron chi connectivity index (χ3n) is 9.58. The largest absolute Gasteiger partial charge is 0.505 e. The first-order valence-electron chi connectivity index (χ1n) is 15.8. The molecule has 7 rings (SSSR count). The van der Waals surface area contributed by atoms with Crippen LogP contribution in [0.4, 0.5) is 4.39 Å². The number of hydrogen-bond acceptors (Lipinski definition) is 6. The molecule has 43 heavy (non-hydrogen) atoms. The molecule has 3 N–H and O–H groups in total. The van der Waals surface area contributed by atoms with Crippen LogP contribution >= 0.6 is 0 Å². The molecule has 0 bridgehead atoms. The standard InChI is InChI=1S/C33H40FN7O2/c1-3-10-40-19-28-27(16-29(40)33(43)41-17-22(18-41)39-11-6-5-7-12-39)35-32(36-28)31-23-9-8-21(13-26(23)37-38-31)24-15-25(34)30(42)14-20(24)4-2/h8-9,13-15,22,29,42H,3-7,10-12,16-19H2,1-2H3,(H,35,36)(H,37,38). The summed E-state index contributed by atoms with van der Waals surface area (Å²) in [4.78, 5) is 29.1. The lowest BCUT2D eigenvalue weighted by Gasteiger charge is -2.48. The molecule has 1 atom stereocenters. The first kappa shape index (κ1) is 28.0. The predicted octanol–water partition coefficient (Wildman–Crippen LogP) is 4.86. The molecule has 0 aliphatic carbocycles.